The van der Waals surface area contributed by atoms with Crippen molar-refractivity contribution in [2.45, 2.75) is 38.4 Å². The van der Waals surface area contributed by atoms with Gasteiger partial charge in [0, 0.05) is 7.11 Å². The van der Waals surface area contributed by atoms with Crippen LogP contribution in [0.15, 0.2) is 0 Å². The number of aliphatic hydroxyl groups excluding tert-OH is 2. The van der Waals surface area contributed by atoms with Crippen LogP contribution in [0.3, 0.4) is 0 Å². The fraction of sp³-hybridized carbons (Fsp3) is 1.00. The molecule has 0 spiro atoms. The summed E-state index contributed by atoms with van der Waals surface area (Å²) >= 11 is 0. The molecular formula is C8H18O3. The molecule has 0 aliphatic heterocycles. The Kier molecular flexibility index (Phi) is 6.51. The molecule has 0 bridgehead atoms. The molecule has 0 radical (unpaired) electrons. The van der Waals surface area contributed by atoms with Crippen LogP contribution in [-0.2, 0) is 4.74 Å². The van der Waals surface area contributed by atoms with Crippen molar-refractivity contribution in [3.63, 3.8) is 0 Å². The maximum atomic E-state index is 8.99. The van der Waals surface area contributed by atoms with Gasteiger partial charge in [0.1, 0.15) is 0 Å². The zero-order valence-electron chi connectivity index (χ0n) is 7.29. The second-order valence-corrected chi connectivity index (χ2v) is 2.68. The molecule has 0 heterocycles. The quantitative estimate of drug-likeness (QED) is 0.599. The summed E-state index contributed by atoms with van der Waals surface area (Å²) in [4.78, 5) is 0. The SMILES string of the molecule is CCC(CCC(O)CO)OC. The maximum Gasteiger partial charge on any atom is 0.0771 e. The monoisotopic (exact) mass is 162 g/mol. The van der Waals surface area contributed by atoms with Crippen LogP contribution in [0.2, 0.25) is 0 Å². The predicted molar refractivity (Wildman–Crippen MR) is 43.4 cm³/mol. The van der Waals surface area contributed by atoms with Crippen molar-refractivity contribution in [2.75, 3.05) is 13.7 Å². The number of aliphatic hydroxyl groups is 2. The lowest BCUT2D eigenvalue weighted by atomic mass is 10.1. The van der Waals surface area contributed by atoms with Gasteiger partial charge in [0.25, 0.3) is 0 Å². The first-order chi connectivity index (χ1) is 5.24. The Bertz CT molecular complexity index is 81.4. The molecule has 0 saturated carbocycles. The van der Waals surface area contributed by atoms with E-state index >= 15 is 0 Å². The number of ether oxygens (including phenoxy) is 1. The van der Waals surface area contributed by atoms with Crippen molar-refractivity contribution >= 4 is 0 Å². The Hall–Kier alpha value is -0.120. The summed E-state index contributed by atoms with van der Waals surface area (Å²) in [6.07, 6.45) is 2.02. The maximum absolute atomic E-state index is 8.99. The van der Waals surface area contributed by atoms with E-state index in [0.29, 0.717) is 6.42 Å². The zero-order valence-corrected chi connectivity index (χ0v) is 7.29. The van der Waals surface area contributed by atoms with E-state index in [1.165, 1.54) is 0 Å². The molecule has 11 heavy (non-hydrogen) atoms. The van der Waals surface area contributed by atoms with E-state index in [4.69, 9.17) is 14.9 Å². The van der Waals surface area contributed by atoms with E-state index in [2.05, 4.69) is 0 Å². The fourth-order valence-corrected chi connectivity index (χ4v) is 0.958. The van der Waals surface area contributed by atoms with Crippen LogP contribution in [0.5, 0.6) is 0 Å². The van der Waals surface area contributed by atoms with Gasteiger partial charge in [-0.05, 0) is 19.3 Å². The smallest absolute Gasteiger partial charge is 0.0771 e. The molecular weight excluding hydrogens is 144 g/mol. The van der Waals surface area contributed by atoms with E-state index in [0.717, 1.165) is 12.8 Å². The molecule has 68 valence electrons. The van der Waals surface area contributed by atoms with Gasteiger partial charge in [0.05, 0.1) is 18.8 Å². The van der Waals surface area contributed by atoms with Gasteiger partial charge in [-0.2, -0.15) is 0 Å². The van der Waals surface area contributed by atoms with Crippen molar-refractivity contribution in [1.29, 1.82) is 0 Å². The highest BCUT2D eigenvalue weighted by Crippen LogP contribution is 2.07. The van der Waals surface area contributed by atoms with Crippen LogP contribution < -0.4 is 0 Å². The first-order valence-corrected chi connectivity index (χ1v) is 4.06. The van der Waals surface area contributed by atoms with E-state index in [9.17, 15) is 0 Å². The van der Waals surface area contributed by atoms with E-state index in [1.54, 1.807) is 7.11 Å². The van der Waals surface area contributed by atoms with E-state index < -0.39 is 6.10 Å². The van der Waals surface area contributed by atoms with Gasteiger partial charge in [-0.3, -0.25) is 0 Å². The van der Waals surface area contributed by atoms with Gasteiger partial charge in [0.2, 0.25) is 0 Å². The van der Waals surface area contributed by atoms with Crippen LogP contribution in [0.4, 0.5) is 0 Å². The summed E-state index contributed by atoms with van der Waals surface area (Å²) in [7, 11) is 1.67. The van der Waals surface area contributed by atoms with Gasteiger partial charge in [-0.1, -0.05) is 6.92 Å². The van der Waals surface area contributed by atoms with Gasteiger partial charge < -0.3 is 14.9 Å². The number of rotatable bonds is 6. The molecule has 3 nitrogen and oxygen atoms in total. The average molecular weight is 162 g/mol. The topological polar surface area (TPSA) is 49.7 Å². The largest absolute Gasteiger partial charge is 0.394 e. The molecule has 2 N–H and O–H groups in total. The average Bonchev–Trinajstić information content (AvgIpc) is 2.06. The molecule has 0 saturated heterocycles. The van der Waals surface area contributed by atoms with Crippen LogP contribution in [0.1, 0.15) is 26.2 Å². The Morgan fingerprint density at radius 2 is 2.00 bits per heavy atom. The predicted octanol–water partition coefficient (Wildman–Crippen LogP) is 0.545. The van der Waals surface area contributed by atoms with E-state index in [-0.39, 0.29) is 12.7 Å². The van der Waals surface area contributed by atoms with Crippen molar-refractivity contribution in [3.05, 3.63) is 0 Å². The van der Waals surface area contributed by atoms with Crippen molar-refractivity contribution < 1.29 is 14.9 Å². The third kappa shape index (κ3) is 5.18. The van der Waals surface area contributed by atoms with Crippen molar-refractivity contribution in [2.24, 2.45) is 0 Å². The summed E-state index contributed by atoms with van der Waals surface area (Å²) in [5, 5.41) is 17.5. The second kappa shape index (κ2) is 6.58. The van der Waals surface area contributed by atoms with Gasteiger partial charge >= 0.3 is 0 Å². The molecule has 0 aliphatic rings. The lowest BCUT2D eigenvalue weighted by Gasteiger charge is -2.14. The molecule has 2 unspecified atom stereocenters. The molecule has 0 aromatic rings. The Morgan fingerprint density at radius 1 is 1.36 bits per heavy atom. The molecule has 0 rings (SSSR count). The van der Waals surface area contributed by atoms with Crippen molar-refractivity contribution in [3.8, 4) is 0 Å². The second-order valence-electron chi connectivity index (χ2n) is 2.68. The number of methoxy groups -OCH3 is 1. The minimum Gasteiger partial charge on any atom is -0.394 e. The standard InChI is InChI=1S/C8H18O3/c1-3-8(11-2)5-4-7(10)6-9/h7-10H,3-6H2,1-2H3. The first kappa shape index (κ1) is 10.9. The van der Waals surface area contributed by atoms with Gasteiger partial charge in [0.15, 0.2) is 0 Å². The van der Waals surface area contributed by atoms with Crippen molar-refractivity contribution in [1.82, 2.24) is 0 Å². The first-order valence-electron chi connectivity index (χ1n) is 4.06. The van der Waals surface area contributed by atoms with Gasteiger partial charge in [-0.25, -0.2) is 0 Å². The summed E-state index contributed by atoms with van der Waals surface area (Å²) in [6, 6.07) is 0. The molecule has 0 aliphatic carbocycles. The third-order valence-electron chi connectivity index (χ3n) is 1.82. The molecule has 2 atom stereocenters. The molecule has 0 amide bonds. The van der Waals surface area contributed by atoms with Gasteiger partial charge in [-0.15, -0.1) is 0 Å². The Balaban J connectivity index is 3.34. The highest BCUT2D eigenvalue weighted by molar-refractivity contribution is 4.59. The highest BCUT2D eigenvalue weighted by atomic mass is 16.5. The molecule has 0 aromatic heterocycles. The van der Waals surface area contributed by atoms with Crippen LogP contribution in [0.25, 0.3) is 0 Å². The van der Waals surface area contributed by atoms with Crippen LogP contribution >= 0.6 is 0 Å². The molecule has 0 aromatic carbocycles. The highest BCUT2D eigenvalue weighted by Gasteiger charge is 2.07. The molecule has 3 heteroatoms. The summed E-state index contributed by atoms with van der Waals surface area (Å²) in [5.41, 5.74) is 0. The number of hydrogen-bond acceptors (Lipinski definition) is 3. The lowest BCUT2D eigenvalue weighted by Crippen LogP contribution is -2.17. The lowest BCUT2D eigenvalue weighted by molar-refractivity contribution is 0.0497. The fourth-order valence-electron chi connectivity index (χ4n) is 0.958. The minimum atomic E-state index is -0.584. The normalized spacial score (nSPS) is 16.4. The summed E-state index contributed by atoms with van der Waals surface area (Å²) in [5.74, 6) is 0. The summed E-state index contributed by atoms with van der Waals surface area (Å²) < 4.78 is 5.10. The van der Waals surface area contributed by atoms with Crippen LogP contribution in [0, 0.1) is 0 Å². The van der Waals surface area contributed by atoms with Crippen LogP contribution in [-0.4, -0.2) is 36.1 Å². The third-order valence-corrected chi connectivity index (χ3v) is 1.82. The van der Waals surface area contributed by atoms with E-state index in [1.807, 2.05) is 6.92 Å². The minimum absolute atomic E-state index is 0.153. The Labute approximate surface area is 68.0 Å². The summed E-state index contributed by atoms with van der Waals surface area (Å²) in [6.45, 7) is 1.89. The molecule has 0 fully saturated rings. The Morgan fingerprint density at radius 3 is 2.36 bits per heavy atom. The zero-order chi connectivity index (χ0) is 8.69. The number of hydrogen-bond donors (Lipinski definition) is 2.